The van der Waals surface area contributed by atoms with Crippen LogP contribution in [-0.2, 0) is 9.53 Å². The second-order valence-electron chi connectivity index (χ2n) is 3.30. The van der Waals surface area contributed by atoms with E-state index < -0.39 is 23.2 Å². The monoisotopic (exact) mass is 266 g/mol. The van der Waals surface area contributed by atoms with E-state index in [2.05, 4.69) is 10.3 Å². The molecule has 2 N–H and O–H groups in total. The Balaban J connectivity index is 2.66. The summed E-state index contributed by atoms with van der Waals surface area (Å²) < 4.78 is 4.75. The molecule has 0 saturated carbocycles. The van der Waals surface area contributed by atoms with E-state index in [4.69, 9.17) is 15.1 Å². The van der Waals surface area contributed by atoms with Gasteiger partial charge in [0.25, 0.3) is 0 Å². The van der Waals surface area contributed by atoms with Crippen LogP contribution >= 0.6 is 0 Å². The summed E-state index contributed by atoms with van der Waals surface area (Å²) in [5, 5.41) is 30.6. The molecule has 0 bridgehead atoms. The molecule has 1 rings (SSSR count). The van der Waals surface area contributed by atoms with Gasteiger partial charge < -0.3 is 15.2 Å². The zero-order valence-electron chi connectivity index (χ0n) is 9.70. The first kappa shape index (κ1) is 14.3. The lowest BCUT2D eigenvalue weighted by Gasteiger charge is -2.06. The van der Waals surface area contributed by atoms with Crippen LogP contribution in [0.5, 0.6) is 0 Å². The molecule has 9 heteroatoms. The molecule has 19 heavy (non-hydrogen) atoms. The average molecular weight is 266 g/mol. The molecule has 0 aliphatic heterocycles. The first-order valence-electron chi connectivity index (χ1n) is 5.13. The van der Waals surface area contributed by atoms with Crippen molar-refractivity contribution in [2.45, 2.75) is 0 Å². The van der Waals surface area contributed by atoms with Crippen molar-refractivity contribution < 1.29 is 19.6 Å². The molecule has 0 amide bonds. The molecule has 9 nitrogen and oxygen atoms in total. The Kier molecular flexibility index (Phi) is 5.18. The average Bonchev–Trinajstić information content (AvgIpc) is 2.37. The first-order chi connectivity index (χ1) is 9.06. The highest BCUT2D eigenvalue weighted by atomic mass is 16.6. The van der Waals surface area contributed by atoms with Gasteiger partial charge in [-0.1, -0.05) is 0 Å². The number of ether oxygens (including phenoxy) is 1. The highest BCUT2D eigenvalue weighted by Crippen LogP contribution is 2.25. The molecule has 0 fully saturated rings. The number of carboxylic acids is 1. The molecule has 0 unspecified atom stereocenters. The van der Waals surface area contributed by atoms with E-state index >= 15 is 0 Å². The molecule has 100 valence electrons. The molecule has 0 saturated heterocycles. The molecule has 0 aliphatic carbocycles. The number of carbonyl (C=O) groups is 1. The van der Waals surface area contributed by atoms with Gasteiger partial charge in [0, 0.05) is 12.7 Å². The summed E-state index contributed by atoms with van der Waals surface area (Å²) in [6.07, 6.45) is 1.27. The second-order valence-corrected chi connectivity index (χ2v) is 3.30. The normalized spacial score (nSPS) is 9.63. The highest BCUT2D eigenvalue weighted by Gasteiger charge is 2.20. The van der Waals surface area contributed by atoms with Crippen LogP contribution in [0.4, 0.5) is 11.5 Å². The maximum atomic E-state index is 10.8. The molecule has 1 aromatic rings. The quantitative estimate of drug-likeness (QED) is 0.410. The summed E-state index contributed by atoms with van der Waals surface area (Å²) in [4.78, 5) is 24.1. The van der Waals surface area contributed by atoms with Gasteiger partial charge in [-0.3, -0.25) is 10.1 Å². The van der Waals surface area contributed by atoms with Gasteiger partial charge in [-0.15, -0.1) is 0 Å². The van der Waals surface area contributed by atoms with Crippen molar-refractivity contribution in [1.29, 1.82) is 5.26 Å². The van der Waals surface area contributed by atoms with Crippen LogP contribution in [0.25, 0.3) is 0 Å². The van der Waals surface area contributed by atoms with Crippen LogP contribution in [0.3, 0.4) is 0 Å². The maximum Gasteiger partial charge on any atom is 0.329 e. The minimum Gasteiger partial charge on any atom is -0.480 e. The first-order valence-corrected chi connectivity index (χ1v) is 5.13. The number of aliphatic carboxylic acids is 1. The Morgan fingerprint density at radius 2 is 2.42 bits per heavy atom. The molecule has 1 heterocycles. The smallest absolute Gasteiger partial charge is 0.329 e. The largest absolute Gasteiger partial charge is 0.480 e. The number of hydrogen-bond donors (Lipinski definition) is 2. The molecule has 0 aliphatic rings. The standard InChI is InChI=1S/C10H10N4O5/c11-5-7-1-2-12-10(9(7)14(17)18)13-3-4-19-6-8(15)16/h1-2H,3-4,6H2,(H,12,13)(H,15,16). The van der Waals surface area contributed by atoms with E-state index in [0.717, 1.165) is 0 Å². The van der Waals surface area contributed by atoms with E-state index in [0.29, 0.717) is 0 Å². The van der Waals surface area contributed by atoms with Crippen molar-refractivity contribution in [1.82, 2.24) is 4.98 Å². The van der Waals surface area contributed by atoms with Gasteiger partial charge in [-0.2, -0.15) is 5.26 Å². The summed E-state index contributed by atoms with van der Waals surface area (Å²) in [5.41, 5.74) is -0.516. The van der Waals surface area contributed by atoms with Gasteiger partial charge in [-0.25, -0.2) is 9.78 Å². The van der Waals surface area contributed by atoms with E-state index in [1.165, 1.54) is 12.3 Å². The van der Waals surface area contributed by atoms with Gasteiger partial charge in [0.2, 0.25) is 5.82 Å². The van der Waals surface area contributed by atoms with Crippen LogP contribution in [-0.4, -0.2) is 40.7 Å². The fourth-order valence-electron chi connectivity index (χ4n) is 1.26. The third-order valence-corrected chi connectivity index (χ3v) is 1.99. The molecule has 0 radical (unpaired) electrons. The van der Waals surface area contributed by atoms with Crippen LogP contribution < -0.4 is 5.32 Å². The van der Waals surface area contributed by atoms with Crippen molar-refractivity contribution in [2.24, 2.45) is 0 Å². The van der Waals surface area contributed by atoms with Crippen LogP contribution in [0.1, 0.15) is 5.56 Å². The lowest BCUT2D eigenvalue weighted by atomic mass is 10.2. The number of rotatable bonds is 7. The second kappa shape index (κ2) is 6.87. The Hall–Kier alpha value is -2.73. The number of nitriles is 1. The number of anilines is 1. The number of carboxylic acid groups (broad SMARTS) is 1. The minimum absolute atomic E-state index is 0.0436. The summed E-state index contributed by atoms with van der Waals surface area (Å²) in [6, 6.07) is 2.94. The molecule has 0 spiro atoms. The SMILES string of the molecule is N#Cc1ccnc(NCCOCC(=O)O)c1[N+](=O)[O-]. The minimum atomic E-state index is -1.10. The number of aromatic nitrogens is 1. The molecular weight excluding hydrogens is 256 g/mol. The van der Waals surface area contributed by atoms with E-state index in [9.17, 15) is 14.9 Å². The third-order valence-electron chi connectivity index (χ3n) is 1.99. The summed E-state index contributed by atoms with van der Waals surface area (Å²) >= 11 is 0. The summed E-state index contributed by atoms with van der Waals surface area (Å²) in [6.45, 7) is -0.270. The van der Waals surface area contributed by atoms with Gasteiger partial charge in [-0.05, 0) is 6.07 Å². The van der Waals surface area contributed by atoms with Crippen molar-refractivity contribution in [3.63, 3.8) is 0 Å². The van der Waals surface area contributed by atoms with Gasteiger partial charge in [0.05, 0.1) is 11.5 Å². The lowest BCUT2D eigenvalue weighted by Crippen LogP contribution is -2.15. The molecular formula is C10H10N4O5. The zero-order valence-corrected chi connectivity index (χ0v) is 9.70. The maximum absolute atomic E-state index is 10.8. The van der Waals surface area contributed by atoms with E-state index in [-0.39, 0.29) is 24.5 Å². The van der Waals surface area contributed by atoms with Gasteiger partial charge in [0.15, 0.2) is 0 Å². The number of nitrogens with zero attached hydrogens (tertiary/aromatic N) is 3. The van der Waals surface area contributed by atoms with Crippen molar-refractivity contribution in [3.05, 3.63) is 27.9 Å². The van der Waals surface area contributed by atoms with Gasteiger partial charge >= 0.3 is 11.7 Å². The Bertz CT molecular complexity index is 525. The highest BCUT2D eigenvalue weighted by molar-refractivity contribution is 5.68. The summed E-state index contributed by atoms with van der Waals surface area (Å²) in [7, 11) is 0. The fourth-order valence-corrected chi connectivity index (χ4v) is 1.26. The Labute approximate surface area is 107 Å². The van der Waals surface area contributed by atoms with Gasteiger partial charge in [0.1, 0.15) is 18.2 Å². The van der Waals surface area contributed by atoms with Crippen LogP contribution in [0.15, 0.2) is 12.3 Å². The molecule has 0 aromatic carbocycles. The Morgan fingerprint density at radius 1 is 1.68 bits per heavy atom. The number of pyridine rings is 1. The topological polar surface area (TPSA) is 138 Å². The predicted octanol–water partition coefficient (Wildman–Crippen LogP) is 0.375. The number of nitrogens with one attached hydrogen (secondary N) is 1. The lowest BCUT2D eigenvalue weighted by molar-refractivity contribution is -0.384. The third kappa shape index (κ3) is 4.21. The van der Waals surface area contributed by atoms with Crippen molar-refractivity contribution in [3.8, 4) is 6.07 Å². The zero-order chi connectivity index (χ0) is 14.3. The molecule has 1 aromatic heterocycles. The predicted molar refractivity (Wildman–Crippen MR) is 62.6 cm³/mol. The van der Waals surface area contributed by atoms with E-state index in [1.807, 2.05) is 0 Å². The Morgan fingerprint density at radius 3 is 3.00 bits per heavy atom. The van der Waals surface area contributed by atoms with Crippen LogP contribution in [0, 0.1) is 21.4 Å². The van der Waals surface area contributed by atoms with Crippen molar-refractivity contribution in [2.75, 3.05) is 25.1 Å². The molecule has 0 atom stereocenters. The number of nitro groups is 1. The number of hydrogen-bond acceptors (Lipinski definition) is 7. The van der Waals surface area contributed by atoms with E-state index in [1.54, 1.807) is 6.07 Å². The summed E-state index contributed by atoms with van der Waals surface area (Å²) in [5.74, 6) is -1.15. The van der Waals surface area contributed by atoms with Crippen LogP contribution in [0.2, 0.25) is 0 Å². The van der Waals surface area contributed by atoms with Crippen molar-refractivity contribution >= 4 is 17.5 Å². The fraction of sp³-hybridized carbons (Fsp3) is 0.300.